The molecule has 2 aromatic carbocycles. The second kappa shape index (κ2) is 7.10. The lowest BCUT2D eigenvalue weighted by molar-refractivity contribution is 0.0953. The average Bonchev–Trinajstić information content (AvgIpc) is 2.53. The first-order valence-corrected chi connectivity index (χ1v) is 7.23. The SMILES string of the molecule is COc1cccc(C(=O)NCC(Br)c2ccccc2)c1. The van der Waals surface area contributed by atoms with Gasteiger partial charge in [-0.3, -0.25) is 4.79 Å². The lowest BCUT2D eigenvalue weighted by Gasteiger charge is -2.12. The number of ether oxygens (including phenoxy) is 1. The van der Waals surface area contributed by atoms with Crippen LogP contribution in [0, 0.1) is 0 Å². The minimum atomic E-state index is -0.107. The number of carbonyl (C=O) groups excluding carboxylic acids is 1. The van der Waals surface area contributed by atoms with Gasteiger partial charge in [-0.15, -0.1) is 0 Å². The molecule has 0 aliphatic rings. The van der Waals surface area contributed by atoms with E-state index < -0.39 is 0 Å². The standard InChI is InChI=1S/C16H16BrNO2/c1-20-14-9-5-8-13(10-14)16(19)18-11-15(17)12-6-3-2-4-7-12/h2-10,15H,11H2,1H3,(H,18,19). The topological polar surface area (TPSA) is 38.3 Å². The quantitative estimate of drug-likeness (QED) is 0.849. The maximum absolute atomic E-state index is 12.1. The van der Waals surface area contributed by atoms with E-state index in [9.17, 15) is 4.79 Å². The molecule has 0 aliphatic heterocycles. The number of halogens is 1. The number of benzene rings is 2. The van der Waals surface area contributed by atoms with Crippen LogP contribution in [-0.2, 0) is 0 Å². The number of hydrogen-bond acceptors (Lipinski definition) is 2. The Hall–Kier alpha value is -1.81. The van der Waals surface area contributed by atoms with Gasteiger partial charge in [0.15, 0.2) is 0 Å². The van der Waals surface area contributed by atoms with E-state index in [0.29, 0.717) is 17.9 Å². The van der Waals surface area contributed by atoms with Gasteiger partial charge in [-0.25, -0.2) is 0 Å². The van der Waals surface area contributed by atoms with Crippen molar-refractivity contribution >= 4 is 21.8 Å². The number of amides is 1. The number of methoxy groups -OCH3 is 1. The smallest absolute Gasteiger partial charge is 0.251 e. The van der Waals surface area contributed by atoms with Crippen LogP contribution in [0.2, 0.25) is 0 Å². The molecule has 0 aliphatic carbocycles. The van der Waals surface area contributed by atoms with Gasteiger partial charge in [0.2, 0.25) is 0 Å². The predicted octanol–water partition coefficient (Wildman–Crippen LogP) is 3.56. The summed E-state index contributed by atoms with van der Waals surface area (Å²) < 4.78 is 5.11. The first-order chi connectivity index (χ1) is 9.70. The van der Waals surface area contributed by atoms with E-state index in [1.165, 1.54) is 0 Å². The molecule has 4 heteroatoms. The van der Waals surface area contributed by atoms with E-state index in [2.05, 4.69) is 21.2 Å². The average molecular weight is 334 g/mol. The highest BCUT2D eigenvalue weighted by molar-refractivity contribution is 9.09. The second-order valence-electron chi connectivity index (χ2n) is 4.32. The van der Waals surface area contributed by atoms with Crippen LogP contribution >= 0.6 is 15.9 Å². The molecule has 2 aromatic rings. The van der Waals surface area contributed by atoms with Crippen LogP contribution in [0.15, 0.2) is 54.6 Å². The zero-order valence-electron chi connectivity index (χ0n) is 11.2. The van der Waals surface area contributed by atoms with Crippen molar-refractivity contribution in [1.82, 2.24) is 5.32 Å². The summed E-state index contributed by atoms with van der Waals surface area (Å²) in [5.41, 5.74) is 1.73. The van der Waals surface area contributed by atoms with Crippen molar-refractivity contribution in [3.05, 3.63) is 65.7 Å². The molecular weight excluding hydrogens is 318 g/mol. The third kappa shape index (κ3) is 3.84. The van der Waals surface area contributed by atoms with Crippen LogP contribution in [-0.4, -0.2) is 19.6 Å². The highest BCUT2D eigenvalue weighted by Gasteiger charge is 2.10. The largest absolute Gasteiger partial charge is 0.497 e. The van der Waals surface area contributed by atoms with Crippen molar-refractivity contribution < 1.29 is 9.53 Å². The molecule has 0 fully saturated rings. The third-order valence-electron chi connectivity index (χ3n) is 2.94. The highest BCUT2D eigenvalue weighted by atomic mass is 79.9. The Bertz CT molecular complexity index is 572. The van der Waals surface area contributed by atoms with Gasteiger partial charge in [-0.2, -0.15) is 0 Å². The fourth-order valence-electron chi connectivity index (χ4n) is 1.83. The summed E-state index contributed by atoms with van der Waals surface area (Å²) in [5.74, 6) is 0.570. The number of rotatable bonds is 5. The summed E-state index contributed by atoms with van der Waals surface area (Å²) in [7, 11) is 1.58. The Morgan fingerprint density at radius 3 is 2.65 bits per heavy atom. The Labute approximate surface area is 127 Å². The van der Waals surface area contributed by atoms with Gasteiger partial charge in [0, 0.05) is 12.1 Å². The summed E-state index contributed by atoms with van der Waals surface area (Å²) in [5, 5.41) is 2.91. The molecule has 2 rings (SSSR count). The van der Waals surface area contributed by atoms with E-state index >= 15 is 0 Å². The van der Waals surface area contributed by atoms with Gasteiger partial charge in [-0.05, 0) is 23.8 Å². The molecule has 1 atom stereocenters. The summed E-state index contributed by atoms with van der Waals surface area (Å²) >= 11 is 3.58. The third-order valence-corrected chi connectivity index (χ3v) is 3.79. The van der Waals surface area contributed by atoms with Crippen molar-refractivity contribution in [3.8, 4) is 5.75 Å². The second-order valence-corrected chi connectivity index (χ2v) is 5.43. The molecule has 1 amide bonds. The number of nitrogens with one attached hydrogen (secondary N) is 1. The van der Waals surface area contributed by atoms with E-state index in [1.807, 2.05) is 36.4 Å². The van der Waals surface area contributed by atoms with Crippen molar-refractivity contribution in [2.75, 3.05) is 13.7 Å². The number of hydrogen-bond donors (Lipinski definition) is 1. The van der Waals surface area contributed by atoms with Crippen molar-refractivity contribution in [2.45, 2.75) is 4.83 Å². The molecule has 0 aromatic heterocycles. The van der Waals surface area contributed by atoms with Crippen LogP contribution in [0.1, 0.15) is 20.7 Å². The minimum Gasteiger partial charge on any atom is -0.497 e. The van der Waals surface area contributed by atoms with Crippen LogP contribution < -0.4 is 10.1 Å². The van der Waals surface area contributed by atoms with E-state index in [4.69, 9.17) is 4.74 Å². The molecule has 1 N–H and O–H groups in total. The van der Waals surface area contributed by atoms with Gasteiger partial charge < -0.3 is 10.1 Å². The number of alkyl halides is 1. The molecule has 0 radical (unpaired) electrons. The van der Waals surface area contributed by atoms with Crippen LogP contribution in [0.4, 0.5) is 0 Å². The van der Waals surface area contributed by atoms with Gasteiger partial charge >= 0.3 is 0 Å². The lowest BCUT2D eigenvalue weighted by Crippen LogP contribution is -2.26. The Morgan fingerprint density at radius 1 is 1.20 bits per heavy atom. The zero-order valence-corrected chi connectivity index (χ0v) is 12.8. The summed E-state index contributed by atoms with van der Waals surface area (Å²) in [4.78, 5) is 12.2. The fourth-order valence-corrected chi connectivity index (χ4v) is 2.30. The van der Waals surface area contributed by atoms with Crippen LogP contribution in [0.25, 0.3) is 0 Å². The maximum atomic E-state index is 12.1. The van der Waals surface area contributed by atoms with Gasteiger partial charge in [0.25, 0.3) is 5.91 Å². The summed E-state index contributed by atoms with van der Waals surface area (Å²) in [6.45, 7) is 0.528. The molecule has 0 heterocycles. The van der Waals surface area contributed by atoms with Crippen molar-refractivity contribution in [3.63, 3.8) is 0 Å². The molecule has 3 nitrogen and oxygen atoms in total. The molecule has 0 saturated heterocycles. The molecule has 0 spiro atoms. The van der Waals surface area contributed by atoms with Gasteiger partial charge in [-0.1, -0.05) is 52.3 Å². The monoisotopic (exact) mass is 333 g/mol. The molecule has 104 valence electrons. The minimum absolute atomic E-state index is 0.0956. The van der Waals surface area contributed by atoms with E-state index in [1.54, 1.807) is 25.3 Å². The fraction of sp³-hybridized carbons (Fsp3) is 0.188. The normalized spacial score (nSPS) is 11.7. The van der Waals surface area contributed by atoms with Gasteiger partial charge in [0.05, 0.1) is 11.9 Å². The van der Waals surface area contributed by atoms with Crippen LogP contribution in [0.3, 0.4) is 0 Å². The van der Waals surface area contributed by atoms with E-state index in [0.717, 1.165) is 5.56 Å². The maximum Gasteiger partial charge on any atom is 0.251 e. The summed E-state index contributed by atoms with van der Waals surface area (Å²) in [6.07, 6.45) is 0. The summed E-state index contributed by atoms with van der Waals surface area (Å²) in [6, 6.07) is 17.1. The highest BCUT2D eigenvalue weighted by Crippen LogP contribution is 2.21. The zero-order chi connectivity index (χ0) is 14.4. The predicted molar refractivity (Wildman–Crippen MR) is 83.4 cm³/mol. The van der Waals surface area contributed by atoms with E-state index in [-0.39, 0.29) is 10.7 Å². The van der Waals surface area contributed by atoms with Crippen LogP contribution in [0.5, 0.6) is 5.75 Å². The molecule has 0 saturated carbocycles. The first-order valence-electron chi connectivity index (χ1n) is 6.32. The van der Waals surface area contributed by atoms with Crippen molar-refractivity contribution in [1.29, 1.82) is 0 Å². The number of carbonyl (C=O) groups is 1. The lowest BCUT2D eigenvalue weighted by atomic mass is 10.1. The first kappa shape index (κ1) is 14.6. The molecule has 20 heavy (non-hydrogen) atoms. The Balaban J connectivity index is 1.95. The Morgan fingerprint density at radius 2 is 1.95 bits per heavy atom. The Kier molecular flexibility index (Phi) is 5.18. The van der Waals surface area contributed by atoms with Crippen molar-refractivity contribution in [2.24, 2.45) is 0 Å². The molecular formula is C16H16BrNO2. The van der Waals surface area contributed by atoms with Gasteiger partial charge in [0.1, 0.15) is 5.75 Å². The molecule has 1 unspecified atom stereocenters. The molecule has 0 bridgehead atoms.